The van der Waals surface area contributed by atoms with Gasteiger partial charge in [0.15, 0.2) is 0 Å². The molecule has 0 atom stereocenters. The van der Waals surface area contributed by atoms with Gasteiger partial charge in [0, 0.05) is 25.8 Å². The number of hydrogen-bond donors (Lipinski definition) is 1. The zero-order chi connectivity index (χ0) is 14.1. The lowest BCUT2D eigenvalue weighted by Crippen LogP contribution is -2.20. The highest BCUT2D eigenvalue weighted by atomic mass is 16.5. The maximum absolute atomic E-state index is 5.80. The van der Waals surface area contributed by atoms with E-state index in [2.05, 4.69) is 24.4 Å². The molecule has 3 nitrogen and oxygen atoms in total. The Morgan fingerprint density at radius 2 is 2.05 bits per heavy atom. The average Bonchev–Trinajstić information content (AvgIpc) is 2.36. The largest absolute Gasteiger partial charge is 0.490 e. The molecule has 0 saturated heterocycles. The van der Waals surface area contributed by atoms with Gasteiger partial charge in [-0.1, -0.05) is 29.8 Å². The van der Waals surface area contributed by atoms with Crippen LogP contribution in [0.4, 0.5) is 0 Å². The first kappa shape index (κ1) is 15.7. The van der Waals surface area contributed by atoms with Gasteiger partial charge in [-0.25, -0.2) is 0 Å². The normalized spacial score (nSPS) is 11.9. The minimum Gasteiger partial charge on any atom is -0.490 e. The van der Waals surface area contributed by atoms with Crippen LogP contribution >= 0.6 is 0 Å². The van der Waals surface area contributed by atoms with Crippen LogP contribution < -0.4 is 10.1 Å². The zero-order valence-corrected chi connectivity index (χ0v) is 12.4. The monoisotopic (exact) mass is 263 g/mol. The van der Waals surface area contributed by atoms with E-state index in [1.54, 1.807) is 7.11 Å². The average molecular weight is 263 g/mol. The van der Waals surface area contributed by atoms with Crippen molar-refractivity contribution in [2.75, 3.05) is 26.8 Å². The molecule has 1 aromatic carbocycles. The number of hydrogen-bond acceptors (Lipinski definition) is 3. The van der Waals surface area contributed by atoms with Gasteiger partial charge in [-0.2, -0.15) is 0 Å². The molecule has 1 N–H and O–H groups in total. The molecule has 0 fully saturated rings. The molecule has 0 aliphatic rings. The summed E-state index contributed by atoms with van der Waals surface area (Å²) in [4.78, 5) is 0. The molecule has 0 aliphatic heterocycles. The molecule has 19 heavy (non-hydrogen) atoms. The molecule has 3 heteroatoms. The first-order chi connectivity index (χ1) is 9.13. The second-order valence-electron chi connectivity index (χ2n) is 4.86. The van der Waals surface area contributed by atoms with E-state index in [0.717, 1.165) is 31.0 Å². The van der Waals surface area contributed by atoms with E-state index >= 15 is 0 Å². The van der Waals surface area contributed by atoms with Gasteiger partial charge in [-0.3, -0.25) is 0 Å². The zero-order valence-electron chi connectivity index (χ0n) is 12.4. The van der Waals surface area contributed by atoms with Gasteiger partial charge in [0.05, 0.1) is 12.7 Å². The van der Waals surface area contributed by atoms with Gasteiger partial charge in [0.25, 0.3) is 0 Å². The summed E-state index contributed by atoms with van der Waals surface area (Å²) in [5.74, 6) is 0.939. The third-order valence-corrected chi connectivity index (χ3v) is 2.57. The third-order valence-electron chi connectivity index (χ3n) is 2.57. The molecule has 0 spiro atoms. The van der Waals surface area contributed by atoms with Crippen LogP contribution in [0.15, 0.2) is 29.8 Å². The summed E-state index contributed by atoms with van der Waals surface area (Å²) in [6.45, 7) is 8.66. The third kappa shape index (κ3) is 6.41. The summed E-state index contributed by atoms with van der Waals surface area (Å²) < 4.78 is 10.8. The van der Waals surface area contributed by atoms with E-state index in [4.69, 9.17) is 9.47 Å². The van der Waals surface area contributed by atoms with Gasteiger partial charge in [0.2, 0.25) is 0 Å². The molecule has 0 bridgehead atoms. The molecule has 1 aromatic rings. The van der Waals surface area contributed by atoms with Crippen molar-refractivity contribution < 1.29 is 9.47 Å². The van der Waals surface area contributed by atoms with Crippen LogP contribution in [-0.4, -0.2) is 32.9 Å². The van der Waals surface area contributed by atoms with Crippen LogP contribution in [0.5, 0.6) is 5.75 Å². The van der Waals surface area contributed by atoms with E-state index in [9.17, 15) is 0 Å². The Hall–Kier alpha value is -1.32. The van der Waals surface area contributed by atoms with Crippen molar-refractivity contribution in [2.45, 2.75) is 26.9 Å². The van der Waals surface area contributed by atoms with Crippen LogP contribution in [0, 0.1) is 0 Å². The van der Waals surface area contributed by atoms with Crippen molar-refractivity contribution >= 4 is 6.08 Å². The van der Waals surface area contributed by atoms with Crippen LogP contribution in [-0.2, 0) is 4.74 Å². The fraction of sp³-hybridized carbons (Fsp3) is 0.500. The Labute approximate surface area is 116 Å². The molecule has 0 heterocycles. The SMILES string of the molecule is COCCNCC(C)=Cc1ccccc1OC(C)C. The summed E-state index contributed by atoms with van der Waals surface area (Å²) in [6, 6.07) is 8.12. The molecule has 0 radical (unpaired) electrons. The van der Waals surface area contributed by atoms with Crippen LogP contribution in [0.2, 0.25) is 0 Å². The van der Waals surface area contributed by atoms with Gasteiger partial charge >= 0.3 is 0 Å². The maximum Gasteiger partial charge on any atom is 0.126 e. The summed E-state index contributed by atoms with van der Waals surface area (Å²) in [7, 11) is 1.71. The molecule has 1 rings (SSSR count). The summed E-state index contributed by atoms with van der Waals surface area (Å²) >= 11 is 0. The fourth-order valence-electron chi connectivity index (χ4n) is 1.74. The summed E-state index contributed by atoms with van der Waals surface area (Å²) in [6.07, 6.45) is 2.35. The molecule has 0 saturated carbocycles. The molecule has 106 valence electrons. The fourth-order valence-corrected chi connectivity index (χ4v) is 1.74. The van der Waals surface area contributed by atoms with E-state index < -0.39 is 0 Å². The second kappa shape index (κ2) is 8.73. The smallest absolute Gasteiger partial charge is 0.126 e. The van der Waals surface area contributed by atoms with E-state index in [0.29, 0.717) is 0 Å². The molecule has 0 amide bonds. The number of benzene rings is 1. The Bertz CT molecular complexity index is 399. The standard InChI is InChI=1S/C16H25NO2/c1-13(2)19-16-8-6-5-7-15(16)11-14(3)12-17-9-10-18-4/h5-8,11,13,17H,9-10,12H2,1-4H3. The topological polar surface area (TPSA) is 30.5 Å². The quantitative estimate of drug-likeness (QED) is 0.731. The van der Waals surface area contributed by atoms with E-state index in [1.807, 2.05) is 32.0 Å². The van der Waals surface area contributed by atoms with Crippen molar-refractivity contribution in [3.05, 3.63) is 35.4 Å². The molecular formula is C16H25NO2. The number of nitrogens with one attached hydrogen (secondary N) is 1. The highest BCUT2D eigenvalue weighted by Crippen LogP contribution is 2.21. The van der Waals surface area contributed by atoms with E-state index in [1.165, 1.54) is 5.57 Å². The lowest BCUT2D eigenvalue weighted by molar-refractivity contribution is 0.200. The minimum atomic E-state index is 0.190. The van der Waals surface area contributed by atoms with Crippen molar-refractivity contribution in [2.24, 2.45) is 0 Å². The highest BCUT2D eigenvalue weighted by Gasteiger charge is 2.03. The lowest BCUT2D eigenvalue weighted by atomic mass is 10.1. The summed E-state index contributed by atoms with van der Waals surface area (Å²) in [5.41, 5.74) is 2.40. The molecule has 0 aliphatic carbocycles. The predicted octanol–water partition coefficient (Wildman–Crippen LogP) is 3.11. The van der Waals surface area contributed by atoms with Crippen molar-refractivity contribution in [3.63, 3.8) is 0 Å². The lowest BCUT2D eigenvalue weighted by Gasteiger charge is -2.13. The van der Waals surface area contributed by atoms with Gasteiger partial charge in [0.1, 0.15) is 5.75 Å². The summed E-state index contributed by atoms with van der Waals surface area (Å²) in [5, 5.41) is 3.33. The van der Waals surface area contributed by atoms with Crippen molar-refractivity contribution in [3.8, 4) is 5.75 Å². The van der Waals surface area contributed by atoms with Gasteiger partial charge < -0.3 is 14.8 Å². The van der Waals surface area contributed by atoms with Crippen LogP contribution in [0.25, 0.3) is 6.08 Å². The molecule has 0 unspecified atom stereocenters. The highest BCUT2D eigenvalue weighted by molar-refractivity contribution is 5.59. The van der Waals surface area contributed by atoms with Gasteiger partial charge in [-0.05, 0) is 26.8 Å². The van der Waals surface area contributed by atoms with Crippen molar-refractivity contribution in [1.82, 2.24) is 5.32 Å². The Kier molecular flexibility index (Phi) is 7.23. The minimum absolute atomic E-state index is 0.190. The first-order valence-electron chi connectivity index (χ1n) is 6.76. The van der Waals surface area contributed by atoms with Crippen molar-refractivity contribution in [1.29, 1.82) is 0 Å². The number of ether oxygens (including phenoxy) is 2. The maximum atomic E-state index is 5.80. The number of rotatable bonds is 8. The number of methoxy groups -OCH3 is 1. The Balaban J connectivity index is 2.63. The molecule has 0 aromatic heterocycles. The van der Waals surface area contributed by atoms with Crippen LogP contribution in [0.3, 0.4) is 0 Å². The predicted molar refractivity (Wildman–Crippen MR) is 80.6 cm³/mol. The first-order valence-corrected chi connectivity index (χ1v) is 6.76. The van der Waals surface area contributed by atoms with Gasteiger partial charge in [-0.15, -0.1) is 0 Å². The second-order valence-corrected chi connectivity index (χ2v) is 4.86. The Morgan fingerprint density at radius 3 is 2.74 bits per heavy atom. The number of para-hydroxylation sites is 1. The van der Waals surface area contributed by atoms with E-state index in [-0.39, 0.29) is 6.10 Å². The molecular weight excluding hydrogens is 238 g/mol. The van der Waals surface area contributed by atoms with Crippen LogP contribution in [0.1, 0.15) is 26.3 Å². The Morgan fingerprint density at radius 1 is 1.32 bits per heavy atom.